The van der Waals surface area contributed by atoms with Crippen molar-refractivity contribution < 1.29 is 14.3 Å². The topological polar surface area (TPSA) is 134 Å². The van der Waals surface area contributed by atoms with Crippen LogP contribution in [0.5, 0.6) is 5.75 Å². The van der Waals surface area contributed by atoms with Crippen LogP contribution in [-0.2, 0) is 9.59 Å². The number of hydrogen-bond acceptors (Lipinski definition) is 10. The van der Waals surface area contributed by atoms with Gasteiger partial charge in [0.15, 0.2) is 10.1 Å². The third-order valence-electron chi connectivity index (χ3n) is 6.70. The van der Waals surface area contributed by atoms with Gasteiger partial charge in [0, 0.05) is 28.9 Å². The van der Waals surface area contributed by atoms with Crippen molar-refractivity contribution >= 4 is 45.6 Å². The van der Waals surface area contributed by atoms with Gasteiger partial charge in [0.1, 0.15) is 11.6 Å². The molecule has 39 heavy (non-hydrogen) atoms. The second-order valence-electron chi connectivity index (χ2n) is 9.06. The van der Waals surface area contributed by atoms with E-state index in [4.69, 9.17) is 10.5 Å². The molecule has 198 valence electrons. The number of allylic oxidation sites excluding steroid dienone is 3. The van der Waals surface area contributed by atoms with Gasteiger partial charge in [-0.25, -0.2) is 0 Å². The number of Topliss-reactive ketones (excluding diaryl/α,β-unsaturated/α-hetero) is 1. The maximum absolute atomic E-state index is 13.3. The van der Waals surface area contributed by atoms with Crippen molar-refractivity contribution in [1.29, 1.82) is 5.26 Å². The molecule has 0 saturated heterocycles. The second-order valence-corrected chi connectivity index (χ2v) is 11.2. The van der Waals surface area contributed by atoms with Gasteiger partial charge < -0.3 is 15.8 Å². The standard InChI is InChI=1S/C28H26N6O3S2/c1-16-8-3-5-10-19(16)31-23(36)15-38-28-33-32-27(39-28)34-20-11-7-12-21(35)25(20)24(18(14-29)26(34)30)17-9-4-6-13-22(17)37-2/h3-6,8-10,13,24H,7,11-12,15,30H2,1-2H3,(H,31,36). The number of carbonyl (C=O) groups excluding carboxylic acids is 2. The minimum atomic E-state index is -0.628. The van der Waals surface area contributed by atoms with Crippen molar-refractivity contribution in [1.82, 2.24) is 10.2 Å². The number of nitrogens with zero attached hydrogens (tertiary/aromatic N) is 4. The van der Waals surface area contributed by atoms with Crippen LogP contribution < -0.4 is 20.7 Å². The number of ketones is 1. The van der Waals surface area contributed by atoms with Gasteiger partial charge in [-0.2, -0.15) is 5.26 Å². The van der Waals surface area contributed by atoms with Gasteiger partial charge >= 0.3 is 0 Å². The number of nitriles is 1. The summed E-state index contributed by atoms with van der Waals surface area (Å²) in [5.74, 6) is 0.145. The first kappa shape index (κ1) is 26.5. The molecule has 3 aromatic rings. The Kier molecular flexibility index (Phi) is 7.67. The van der Waals surface area contributed by atoms with Crippen LogP contribution in [0.15, 0.2) is 75.5 Å². The van der Waals surface area contributed by atoms with Gasteiger partial charge in [-0.05, 0) is 37.5 Å². The Morgan fingerprint density at radius 1 is 1.23 bits per heavy atom. The molecule has 0 saturated carbocycles. The minimum Gasteiger partial charge on any atom is -0.496 e. The van der Waals surface area contributed by atoms with E-state index in [1.54, 1.807) is 12.0 Å². The van der Waals surface area contributed by atoms with E-state index in [-0.39, 0.29) is 28.8 Å². The predicted molar refractivity (Wildman–Crippen MR) is 151 cm³/mol. The average molecular weight is 559 g/mol. The van der Waals surface area contributed by atoms with Gasteiger partial charge in [-0.3, -0.25) is 14.5 Å². The first-order valence-corrected chi connectivity index (χ1v) is 14.1. The number of nitrogens with one attached hydrogen (secondary N) is 1. The van der Waals surface area contributed by atoms with E-state index in [1.807, 2.05) is 55.5 Å². The van der Waals surface area contributed by atoms with Crippen molar-refractivity contribution in [3.8, 4) is 11.8 Å². The third kappa shape index (κ3) is 5.13. The smallest absolute Gasteiger partial charge is 0.234 e. The van der Waals surface area contributed by atoms with Crippen LogP contribution in [0, 0.1) is 18.3 Å². The van der Waals surface area contributed by atoms with Crippen molar-refractivity contribution in [3.63, 3.8) is 0 Å². The number of aryl methyl sites for hydroxylation is 1. The number of methoxy groups -OCH3 is 1. The van der Waals surface area contributed by atoms with Crippen LogP contribution >= 0.6 is 23.1 Å². The Morgan fingerprint density at radius 3 is 2.77 bits per heavy atom. The number of ether oxygens (including phenoxy) is 1. The number of para-hydroxylation sites is 2. The van der Waals surface area contributed by atoms with Crippen LogP contribution in [0.2, 0.25) is 0 Å². The molecule has 3 N–H and O–H groups in total. The summed E-state index contributed by atoms with van der Waals surface area (Å²) >= 11 is 2.52. The van der Waals surface area contributed by atoms with Crippen LogP contribution in [0.3, 0.4) is 0 Å². The van der Waals surface area contributed by atoms with Gasteiger partial charge in [-0.1, -0.05) is 59.5 Å². The van der Waals surface area contributed by atoms with E-state index >= 15 is 0 Å². The molecule has 2 heterocycles. The first-order valence-electron chi connectivity index (χ1n) is 12.3. The molecule has 1 unspecified atom stereocenters. The predicted octanol–water partition coefficient (Wildman–Crippen LogP) is 4.89. The number of anilines is 2. The van der Waals surface area contributed by atoms with E-state index in [0.29, 0.717) is 40.1 Å². The molecule has 2 aliphatic rings. The van der Waals surface area contributed by atoms with Crippen LogP contribution in [0.1, 0.15) is 36.3 Å². The Bertz CT molecular complexity index is 1550. The molecule has 1 amide bonds. The highest BCUT2D eigenvalue weighted by Gasteiger charge is 2.42. The average Bonchev–Trinajstić information content (AvgIpc) is 3.41. The summed E-state index contributed by atoms with van der Waals surface area (Å²) in [6, 6.07) is 17.2. The number of nitrogens with two attached hydrogens (primary N) is 1. The molecule has 5 rings (SSSR count). The van der Waals surface area contributed by atoms with Crippen LogP contribution in [-0.4, -0.2) is 34.8 Å². The molecule has 0 spiro atoms. The first-order chi connectivity index (χ1) is 18.9. The highest BCUT2D eigenvalue weighted by molar-refractivity contribution is 8.01. The van der Waals surface area contributed by atoms with E-state index in [9.17, 15) is 14.9 Å². The lowest BCUT2D eigenvalue weighted by atomic mass is 9.75. The summed E-state index contributed by atoms with van der Waals surface area (Å²) in [4.78, 5) is 27.5. The maximum Gasteiger partial charge on any atom is 0.234 e. The zero-order chi connectivity index (χ0) is 27.5. The molecule has 0 radical (unpaired) electrons. The second kappa shape index (κ2) is 11.3. The lowest BCUT2D eigenvalue weighted by Crippen LogP contribution is -2.38. The fourth-order valence-electron chi connectivity index (χ4n) is 4.90. The zero-order valence-corrected chi connectivity index (χ0v) is 23.1. The number of carbonyl (C=O) groups is 2. The van der Waals surface area contributed by atoms with Crippen molar-refractivity contribution in [2.75, 3.05) is 23.1 Å². The Balaban J connectivity index is 1.45. The molecular formula is C28H26N6O3S2. The summed E-state index contributed by atoms with van der Waals surface area (Å²) in [6.45, 7) is 1.93. The van der Waals surface area contributed by atoms with Crippen molar-refractivity contribution in [3.05, 3.63) is 82.3 Å². The summed E-state index contributed by atoms with van der Waals surface area (Å²) < 4.78 is 6.15. The molecule has 9 nitrogen and oxygen atoms in total. The monoisotopic (exact) mass is 558 g/mol. The van der Waals surface area contributed by atoms with Crippen molar-refractivity contribution in [2.45, 2.75) is 36.4 Å². The fourth-order valence-corrected chi connectivity index (χ4v) is 6.58. The van der Waals surface area contributed by atoms with E-state index in [2.05, 4.69) is 21.6 Å². The summed E-state index contributed by atoms with van der Waals surface area (Å²) in [6.07, 6.45) is 1.67. The number of amides is 1. The number of thioether (sulfide) groups is 1. The number of aromatic nitrogens is 2. The molecule has 2 aromatic carbocycles. The molecule has 1 aliphatic carbocycles. The third-order valence-corrected chi connectivity index (χ3v) is 8.74. The molecule has 0 fully saturated rings. The van der Waals surface area contributed by atoms with Crippen LogP contribution in [0.4, 0.5) is 10.8 Å². The minimum absolute atomic E-state index is 0.0237. The fraction of sp³-hybridized carbons (Fsp3) is 0.250. The SMILES string of the molecule is COc1ccccc1C1C(C#N)=C(N)N(c2nnc(SCC(=O)Nc3ccccc3C)s2)C2=C1C(=O)CCC2. The lowest BCUT2D eigenvalue weighted by Gasteiger charge is -2.38. The van der Waals surface area contributed by atoms with Gasteiger partial charge in [0.2, 0.25) is 11.0 Å². The van der Waals surface area contributed by atoms with Crippen molar-refractivity contribution in [2.24, 2.45) is 5.73 Å². The van der Waals surface area contributed by atoms with Gasteiger partial charge in [0.25, 0.3) is 0 Å². The Labute approximate surface area is 234 Å². The molecule has 1 aliphatic heterocycles. The number of hydrogen-bond donors (Lipinski definition) is 2. The quantitative estimate of drug-likeness (QED) is 0.389. The molecule has 0 bridgehead atoms. The highest BCUT2D eigenvalue weighted by Crippen LogP contribution is 2.48. The van der Waals surface area contributed by atoms with Gasteiger partial charge in [0.05, 0.1) is 30.4 Å². The van der Waals surface area contributed by atoms with E-state index < -0.39 is 5.92 Å². The number of benzene rings is 2. The largest absolute Gasteiger partial charge is 0.496 e. The molecular weight excluding hydrogens is 532 g/mol. The molecule has 11 heteroatoms. The van der Waals surface area contributed by atoms with Crippen LogP contribution in [0.25, 0.3) is 0 Å². The summed E-state index contributed by atoms with van der Waals surface area (Å²) in [5, 5.41) is 22.2. The van der Waals surface area contributed by atoms with Gasteiger partial charge in [-0.15, -0.1) is 10.2 Å². The zero-order valence-electron chi connectivity index (χ0n) is 21.4. The van der Waals surface area contributed by atoms with E-state index in [1.165, 1.54) is 23.1 Å². The number of rotatable bonds is 7. The molecule has 1 atom stereocenters. The van der Waals surface area contributed by atoms with E-state index in [0.717, 1.165) is 22.5 Å². The Morgan fingerprint density at radius 2 is 2.00 bits per heavy atom. The normalized spacial score (nSPS) is 17.1. The highest BCUT2D eigenvalue weighted by atomic mass is 32.2. The summed E-state index contributed by atoms with van der Waals surface area (Å²) in [5.41, 5.74) is 10.6. The maximum atomic E-state index is 13.3. The summed E-state index contributed by atoms with van der Waals surface area (Å²) in [7, 11) is 1.56. The Hall–Kier alpha value is -4.14. The molecule has 1 aromatic heterocycles. The lowest BCUT2D eigenvalue weighted by molar-refractivity contribution is -0.116.